The van der Waals surface area contributed by atoms with E-state index in [4.69, 9.17) is 14.2 Å². The first-order valence-electron chi connectivity index (χ1n) is 8.40. The van der Waals surface area contributed by atoms with Crippen LogP contribution in [0.2, 0.25) is 0 Å². The number of carbonyl (C=O) groups is 2. The molecule has 0 unspecified atom stereocenters. The highest BCUT2D eigenvalue weighted by Gasteiger charge is 2.33. The summed E-state index contributed by atoms with van der Waals surface area (Å²) in [6.45, 7) is 3.06. The van der Waals surface area contributed by atoms with E-state index in [1.54, 1.807) is 13.2 Å². The molecule has 3 atom stereocenters. The van der Waals surface area contributed by atoms with E-state index in [1.807, 2.05) is 0 Å². The molecule has 2 aliphatic heterocycles. The lowest BCUT2D eigenvalue weighted by Gasteiger charge is -2.20. The van der Waals surface area contributed by atoms with E-state index in [2.05, 4.69) is 10.6 Å². The Morgan fingerprint density at radius 3 is 2.88 bits per heavy atom. The van der Waals surface area contributed by atoms with Crippen LogP contribution in [0.4, 0.5) is 14.9 Å². The molecule has 2 N–H and O–H groups in total. The van der Waals surface area contributed by atoms with Crippen LogP contribution in [0.25, 0.3) is 0 Å². The second kappa shape index (κ2) is 7.88. The summed E-state index contributed by atoms with van der Waals surface area (Å²) in [5.74, 6) is -0.669. The molecule has 26 heavy (non-hydrogen) atoms. The van der Waals surface area contributed by atoms with Crippen molar-refractivity contribution in [3.8, 4) is 5.75 Å². The number of hydrogen-bond donors (Lipinski definition) is 2. The Morgan fingerprint density at radius 2 is 2.19 bits per heavy atom. The van der Waals surface area contributed by atoms with Crippen molar-refractivity contribution in [1.82, 2.24) is 10.6 Å². The standard InChI is InChI=1S/C17H22FN3O5/c1-10(22)20-6-12-9-21(17(23)25-12)11-3-4-14(13(18)5-11)26-16-8-19-7-15(16)24-2/h3-5,12,15-16,19H,6-9H2,1-2H3,(H,20,22)/t12-,15-,16-/m0/s1. The number of anilines is 1. The molecule has 0 aliphatic carbocycles. The summed E-state index contributed by atoms with van der Waals surface area (Å²) in [6.07, 6.45) is -1.47. The van der Waals surface area contributed by atoms with Gasteiger partial charge in [0.15, 0.2) is 11.6 Å². The van der Waals surface area contributed by atoms with Crippen molar-refractivity contribution in [3.63, 3.8) is 0 Å². The number of carbonyl (C=O) groups excluding carboxylic acids is 2. The Bertz CT molecular complexity index is 686. The van der Waals surface area contributed by atoms with Crippen LogP contribution in [0.1, 0.15) is 6.92 Å². The molecule has 2 fully saturated rings. The highest BCUT2D eigenvalue weighted by atomic mass is 19.1. The van der Waals surface area contributed by atoms with Gasteiger partial charge in [-0.05, 0) is 12.1 Å². The second-order valence-corrected chi connectivity index (χ2v) is 6.26. The summed E-state index contributed by atoms with van der Waals surface area (Å²) in [6, 6.07) is 4.33. The Morgan fingerprint density at radius 1 is 1.42 bits per heavy atom. The quantitative estimate of drug-likeness (QED) is 0.768. The smallest absolute Gasteiger partial charge is 0.414 e. The largest absolute Gasteiger partial charge is 0.483 e. The minimum atomic E-state index is -0.576. The fourth-order valence-electron chi connectivity index (χ4n) is 3.00. The first-order valence-corrected chi connectivity index (χ1v) is 8.40. The molecule has 142 valence electrons. The molecule has 0 spiro atoms. The number of hydrogen-bond acceptors (Lipinski definition) is 6. The molecule has 0 bridgehead atoms. The average molecular weight is 367 g/mol. The lowest BCUT2D eigenvalue weighted by atomic mass is 10.2. The SMILES string of the molecule is CO[C@H]1CNC[C@@H]1Oc1ccc(N2C[C@H](CNC(C)=O)OC2=O)cc1F. The molecule has 0 radical (unpaired) electrons. The highest BCUT2D eigenvalue weighted by molar-refractivity contribution is 5.89. The average Bonchev–Trinajstić information content (AvgIpc) is 3.20. The van der Waals surface area contributed by atoms with Gasteiger partial charge >= 0.3 is 6.09 Å². The number of methoxy groups -OCH3 is 1. The van der Waals surface area contributed by atoms with Gasteiger partial charge in [-0.3, -0.25) is 9.69 Å². The number of ether oxygens (including phenoxy) is 3. The van der Waals surface area contributed by atoms with Gasteiger partial charge in [0, 0.05) is 33.2 Å². The van der Waals surface area contributed by atoms with E-state index in [0.717, 1.165) is 0 Å². The molecule has 2 heterocycles. The maximum Gasteiger partial charge on any atom is 0.414 e. The summed E-state index contributed by atoms with van der Waals surface area (Å²) in [7, 11) is 1.59. The van der Waals surface area contributed by atoms with E-state index in [0.29, 0.717) is 18.8 Å². The molecule has 0 aromatic heterocycles. The molecular formula is C17H22FN3O5. The van der Waals surface area contributed by atoms with Gasteiger partial charge in [0.2, 0.25) is 5.91 Å². The second-order valence-electron chi connectivity index (χ2n) is 6.26. The number of rotatable bonds is 6. The van der Waals surface area contributed by atoms with E-state index in [1.165, 1.54) is 24.0 Å². The minimum Gasteiger partial charge on any atom is -0.483 e. The van der Waals surface area contributed by atoms with Gasteiger partial charge in [-0.25, -0.2) is 9.18 Å². The maximum absolute atomic E-state index is 14.4. The first kappa shape index (κ1) is 18.4. The Hall–Kier alpha value is -2.39. The minimum absolute atomic E-state index is 0.104. The predicted octanol–water partition coefficient (Wildman–Crippen LogP) is 0.653. The van der Waals surface area contributed by atoms with Crippen molar-refractivity contribution < 1.29 is 28.2 Å². The van der Waals surface area contributed by atoms with Gasteiger partial charge in [0.05, 0.1) is 18.8 Å². The first-order chi connectivity index (χ1) is 12.5. The lowest BCUT2D eigenvalue weighted by molar-refractivity contribution is -0.119. The van der Waals surface area contributed by atoms with Crippen LogP contribution in [-0.2, 0) is 14.3 Å². The molecule has 2 aliphatic rings. The fraction of sp³-hybridized carbons (Fsp3) is 0.529. The summed E-state index contributed by atoms with van der Waals surface area (Å²) in [4.78, 5) is 24.3. The maximum atomic E-state index is 14.4. The summed E-state index contributed by atoms with van der Waals surface area (Å²) in [5, 5.41) is 5.72. The number of halogens is 1. The highest BCUT2D eigenvalue weighted by Crippen LogP contribution is 2.28. The van der Waals surface area contributed by atoms with Gasteiger partial charge < -0.3 is 24.8 Å². The van der Waals surface area contributed by atoms with Crippen molar-refractivity contribution in [3.05, 3.63) is 24.0 Å². The van der Waals surface area contributed by atoms with Crippen LogP contribution in [0.3, 0.4) is 0 Å². The van der Waals surface area contributed by atoms with E-state index in [9.17, 15) is 14.0 Å². The molecule has 1 aromatic rings. The van der Waals surface area contributed by atoms with Gasteiger partial charge in [0.1, 0.15) is 18.3 Å². The van der Waals surface area contributed by atoms with Crippen molar-refractivity contribution in [2.75, 3.05) is 38.2 Å². The Kier molecular flexibility index (Phi) is 5.58. The number of benzene rings is 1. The van der Waals surface area contributed by atoms with Crippen molar-refractivity contribution in [1.29, 1.82) is 0 Å². The fourth-order valence-corrected chi connectivity index (χ4v) is 3.00. The molecule has 0 saturated carbocycles. The van der Waals surface area contributed by atoms with Crippen molar-refractivity contribution in [2.45, 2.75) is 25.2 Å². The topological polar surface area (TPSA) is 89.1 Å². The molecule has 9 heteroatoms. The zero-order valence-corrected chi connectivity index (χ0v) is 14.7. The van der Waals surface area contributed by atoms with Crippen molar-refractivity contribution >= 4 is 17.7 Å². The van der Waals surface area contributed by atoms with Crippen LogP contribution in [0.15, 0.2) is 18.2 Å². The molecule has 2 amide bonds. The molecule has 3 rings (SSSR count). The van der Waals surface area contributed by atoms with Gasteiger partial charge in [-0.15, -0.1) is 0 Å². The molecule has 8 nitrogen and oxygen atoms in total. The Balaban J connectivity index is 1.65. The predicted molar refractivity (Wildman–Crippen MR) is 90.8 cm³/mol. The number of nitrogens with zero attached hydrogens (tertiary/aromatic N) is 1. The zero-order chi connectivity index (χ0) is 18.7. The van der Waals surface area contributed by atoms with Crippen LogP contribution in [0.5, 0.6) is 5.75 Å². The number of amides is 2. The monoisotopic (exact) mass is 367 g/mol. The normalized spacial score (nSPS) is 25.3. The summed E-state index contributed by atoms with van der Waals surface area (Å²) >= 11 is 0. The van der Waals surface area contributed by atoms with Gasteiger partial charge in [-0.1, -0.05) is 0 Å². The van der Waals surface area contributed by atoms with Gasteiger partial charge in [-0.2, -0.15) is 0 Å². The van der Waals surface area contributed by atoms with Gasteiger partial charge in [0.25, 0.3) is 0 Å². The number of nitrogens with one attached hydrogen (secondary N) is 2. The van der Waals surface area contributed by atoms with Crippen LogP contribution < -0.4 is 20.3 Å². The molecule has 1 aromatic carbocycles. The van der Waals surface area contributed by atoms with E-state index < -0.39 is 18.0 Å². The van der Waals surface area contributed by atoms with Crippen LogP contribution in [-0.4, -0.2) is 63.6 Å². The molecular weight excluding hydrogens is 345 g/mol. The zero-order valence-electron chi connectivity index (χ0n) is 14.7. The van der Waals surface area contributed by atoms with Crippen LogP contribution in [0, 0.1) is 5.82 Å². The summed E-state index contributed by atoms with van der Waals surface area (Å²) < 4.78 is 30.6. The third-order valence-corrected chi connectivity index (χ3v) is 4.37. The summed E-state index contributed by atoms with van der Waals surface area (Å²) in [5.41, 5.74) is 0.373. The third kappa shape index (κ3) is 4.05. The van der Waals surface area contributed by atoms with Crippen LogP contribution >= 0.6 is 0 Å². The Labute approximate surface area is 150 Å². The van der Waals surface area contributed by atoms with E-state index >= 15 is 0 Å². The third-order valence-electron chi connectivity index (χ3n) is 4.37. The van der Waals surface area contributed by atoms with E-state index in [-0.39, 0.29) is 37.0 Å². The number of cyclic esters (lactones) is 1. The lowest BCUT2D eigenvalue weighted by Crippen LogP contribution is -2.33. The van der Waals surface area contributed by atoms with Crippen molar-refractivity contribution in [2.24, 2.45) is 0 Å². The molecule has 2 saturated heterocycles.